The molecule has 19 aromatic carbocycles. The maximum atomic E-state index is 6.65. The lowest BCUT2D eigenvalue weighted by molar-refractivity contribution is 0.672. The Morgan fingerprint density at radius 2 is 0.515 bits per heavy atom. The van der Waals surface area contributed by atoms with Crippen LogP contribution < -0.4 is 0 Å². The Hall–Kier alpha value is -17.9. The zero-order chi connectivity index (χ0) is 86.6. The average Bonchev–Trinajstić information content (AvgIpc) is 1.56. The average molecular weight is 1680 g/mol. The molecule has 0 spiro atoms. The summed E-state index contributed by atoms with van der Waals surface area (Å²) in [5.41, 5.74) is 30.2. The molecule has 10 aromatic heterocycles. The number of rotatable bonds is 8. The smallest absolute Gasteiger partial charge is 0.164 e. The number of nitrogens with zero attached hydrogens (tertiary/aromatic N) is 7. The van der Waals surface area contributed by atoms with E-state index in [0.717, 1.165) is 176 Å². The highest BCUT2D eigenvalue weighted by atomic mass is 16.3. The third-order valence-electron chi connectivity index (χ3n) is 26.8. The summed E-state index contributed by atoms with van der Waals surface area (Å²) in [5, 5.41) is 22.4. The van der Waals surface area contributed by atoms with Gasteiger partial charge in [0.2, 0.25) is 0 Å². The number of para-hydroxylation sites is 3. The van der Waals surface area contributed by atoms with Crippen molar-refractivity contribution in [3.63, 3.8) is 0 Å². The third kappa shape index (κ3) is 11.8. The second-order valence-electron chi connectivity index (χ2n) is 34.2. The van der Waals surface area contributed by atoms with Crippen molar-refractivity contribution in [1.29, 1.82) is 0 Å². The fourth-order valence-electron chi connectivity index (χ4n) is 20.8. The van der Waals surface area contributed by atoms with Crippen molar-refractivity contribution >= 4 is 196 Å². The van der Waals surface area contributed by atoms with E-state index in [4.69, 9.17) is 33.2 Å². The van der Waals surface area contributed by atoms with Crippen molar-refractivity contribution in [1.82, 2.24) is 33.6 Å². The molecule has 10 nitrogen and oxygen atoms in total. The van der Waals surface area contributed by atoms with Gasteiger partial charge >= 0.3 is 0 Å². The van der Waals surface area contributed by atoms with E-state index in [1.165, 1.54) is 93.3 Å². The lowest BCUT2D eigenvalue weighted by Crippen LogP contribution is -1.97. The van der Waals surface area contributed by atoms with Gasteiger partial charge in [0.15, 0.2) is 11.2 Å². The Morgan fingerprint density at radius 3 is 1.08 bits per heavy atom. The van der Waals surface area contributed by atoms with Crippen LogP contribution in [0.3, 0.4) is 0 Å². The van der Waals surface area contributed by atoms with Gasteiger partial charge in [-0.25, -0.2) is 4.98 Å². The fraction of sp³-hybridized carbons (Fsp3) is 0. The molecule has 0 aliphatic carbocycles. The molecule has 0 aliphatic rings. The van der Waals surface area contributed by atoms with Crippen molar-refractivity contribution in [2.24, 2.45) is 0 Å². The van der Waals surface area contributed by atoms with Crippen LogP contribution in [0, 0.1) is 0 Å². The molecule has 0 saturated heterocycles. The molecule has 0 radical (unpaired) electrons. The van der Waals surface area contributed by atoms with Crippen molar-refractivity contribution in [2.75, 3.05) is 0 Å². The lowest BCUT2D eigenvalue weighted by Gasteiger charge is -2.15. The largest absolute Gasteiger partial charge is 0.455 e. The Labute approximate surface area is 754 Å². The number of fused-ring (bicyclic) bond motifs is 33. The number of benzene rings is 19. The van der Waals surface area contributed by atoms with Gasteiger partial charge in [0, 0.05) is 123 Å². The topological polar surface area (TPSA) is 106 Å². The molecular weight excluding hydrogens is 1610 g/mol. The van der Waals surface area contributed by atoms with Crippen LogP contribution in [0.5, 0.6) is 0 Å². The van der Waals surface area contributed by atoms with Crippen molar-refractivity contribution in [3.05, 3.63) is 443 Å². The van der Waals surface area contributed by atoms with Gasteiger partial charge in [-0.15, -0.1) is 0 Å². The Balaban J connectivity index is 0.000000102. The standard InChI is InChI=1S/2C43H26N2O.C36H21N3O/c1-3-11-27(12-4-1)30-23-31(28-13-5-2-6-14-28)25-32(24-30)45-38-18-10-9-17-34(38)37-26-44-41-36(42(37)45)21-20-35-40-33-16-8-7-15-29(33)19-22-39(40)46-43(35)41;1-3-11-27(12-4-1)30-23-31(28-13-5-2-6-14-28)25-32(24-30)45-38-18-10-9-17-34(38)35-20-21-36-41(42(35)45)44-26-37-40-33-16-8-7-15-29(33)19-22-39(40)46-43(36)37;1-2-9-22(10-3-1)24-12-8-13-25(19-24)39-31-16-7-6-15-27(31)29-20-38-33-32(34(29)39)37-21-30-28-18-17-23-11-4-5-14-26(23)35(28)40-36(30)33/h2*1-26H;1-21H. The first-order chi connectivity index (χ1) is 65.5. The Morgan fingerprint density at radius 1 is 0.167 bits per heavy atom. The van der Waals surface area contributed by atoms with Gasteiger partial charge in [-0.1, -0.05) is 315 Å². The van der Waals surface area contributed by atoms with Crippen molar-refractivity contribution < 1.29 is 13.3 Å². The molecule has 0 atom stereocenters. The molecule has 10 heteroatoms. The Bertz CT molecular complexity index is 9290. The Kier molecular flexibility index (Phi) is 16.9. The SMILES string of the molecule is c1ccc(-c2cc(-c3ccccc3)cc(-n3c4ccccc4c4ccc5c(ncc6c5oc5ccc7ccccc7c56)c43)c2)cc1.c1ccc(-c2cc(-c3ccccc3)cc(-n3c4ccccc4c4cnc5c(ccc6c5oc5ccc7ccccc7c56)c43)c2)cc1.c1ccc(-c2cccc(-n3c4ccccc4c4cnc5c(ncc6c7ccc8ccccc8c7oc65)c43)c2)cc1. The molecule has 10 heterocycles. The van der Waals surface area contributed by atoms with Crippen LogP contribution in [0.4, 0.5) is 0 Å². The van der Waals surface area contributed by atoms with Crippen LogP contribution in [0.2, 0.25) is 0 Å². The number of pyridine rings is 4. The zero-order valence-corrected chi connectivity index (χ0v) is 71.0. The zero-order valence-electron chi connectivity index (χ0n) is 71.0. The molecule has 0 N–H and O–H groups in total. The molecule has 29 rings (SSSR count). The van der Waals surface area contributed by atoms with Crippen LogP contribution in [0.25, 0.3) is 269 Å². The van der Waals surface area contributed by atoms with E-state index in [1.54, 1.807) is 0 Å². The molecule has 0 saturated carbocycles. The predicted octanol–water partition coefficient (Wildman–Crippen LogP) is 32.9. The van der Waals surface area contributed by atoms with Crippen molar-refractivity contribution in [2.45, 2.75) is 0 Å². The first kappa shape index (κ1) is 74.4. The summed E-state index contributed by atoms with van der Waals surface area (Å²) < 4.78 is 27.0. The monoisotopic (exact) mass is 1680 g/mol. The molecule has 614 valence electrons. The van der Waals surface area contributed by atoms with E-state index in [0.29, 0.717) is 0 Å². The summed E-state index contributed by atoms with van der Waals surface area (Å²) in [6.07, 6.45) is 7.96. The van der Waals surface area contributed by atoms with Gasteiger partial charge < -0.3 is 27.0 Å². The van der Waals surface area contributed by atoms with Crippen LogP contribution in [-0.2, 0) is 0 Å². The molecule has 0 bridgehead atoms. The fourth-order valence-corrected chi connectivity index (χ4v) is 20.8. The minimum Gasteiger partial charge on any atom is -0.455 e. The van der Waals surface area contributed by atoms with Crippen LogP contribution >= 0.6 is 0 Å². The lowest BCUT2D eigenvalue weighted by atomic mass is 9.98. The van der Waals surface area contributed by atoms with Crippen LogP contribution in [0.1, 0.15) is 0 Å². The summed E-state index contributed by atoms with van der Waals surface area (Å²) in [6, 6.07) is 148. The summed E-state index contributed by atoms with van der Waals surface area (Å²) in [7, 11) is 0. The van der Waals surface area contributed by atoms with Crippen LogP contribution in [0.15, 0.2) is 457 Å². The molecule has 29 aromatic rings. The molecule has 132 heavy (non-hydrogen) atoms. The van der Waals surface area contributed by atoms with Crippen molar-refractivity contribution in [3.8, 4) is 72.7 Å². The highest BCUT2D eigenvalue weighted by molar-refractivity contribution is 6.30. The molecule has 0 unspecified atom stereocenters. The van der Waals surface area contributed by atoms with Crippen LogP contribution in [-0.4, -0.2) is 33.6 Å². The number of aromatic nitrogens is 7. The second kappa shape index (κ2) is 29.9. The maximum absolute atomic E-state index is 6.65. The van der Waals surface area contributed by atoms with Gasteiger partial charge in [-0.3, -0.25) is 15.0 Å². The first-order valence-corrected chi connectivity index (χ1v) is 44.7. The number of hydrogen-bond donors (Lipinski definition) is 0. The summed E-state index contributed by atoms with van der Waals surface area (Å²) >= 11 is 0. The van der Waals surface area contributed by atoms with Gasteiger partial charge in [-0.05, 0) is 186 Å². The summed E-state index contributed by atoms with van der Waals surface area (Å²) in [6.45, 7) is 0. The van der Waals surface area contributed by atoms with Gasteiger partial charge in [-0.2, -0.15) is 0 Å². The van der Waals surface area contributed by atoms with Gasteiger partial charge in [0.25, 0.3) is 0 Å². The molecule has 0 aliphatic heterocycles. The predicted molar refractivity (Wildman–Crippen MR) is 548 cm³/mol. The van der Waals surface area contributed by atoms with Gasteiger partial charge in [0.05, 0.1) is 38.6 Å². The third-order valence-corrected chi connectivity index (χ3v) is 26.8. The minimum absolute atomic E-state index is 0.771. The number of hydrogen-bond acceptors (Lipinski definition) is 7. The van der Waals surface area contributed by atoms with E-state index in [9.17, 15) is 0 Å². The maximum Gasteiger partial charge on any atom is 0.164 e. The highest BCUT2D eigenvalue weighted by Gasteiger charge is 2.27. The number of furan rings is 3. The molecular formula is C122H73N7O3. The quantitative estimate of drug-likeness (QED) is 0.149. The second-order valence-corrected chi connectivity index (χ2v) is 34.2. The van der Waals surface area contributed by atoms with E-state index >= 15 is 0 Å². The molecule has 0 amide bonds. The van der Waals surface area contributed by atoms with E-state index < -0.39 is 0 Å². The normalized spacial score (nSPS) is 11.9. The van der Waals surface area contributed by atoms with Gasteiger partial charge in [0.1, 0.15) is 38.9 Å². The summed E-state index contributed by atoms with van der Waals surface area (Å²) in [5.74, 6) is 0. The summed E-state index contributed by atoms with van der Waals surface area (Å²) in [4.78, 5) is 20.3. The van der Waals surface area contributed by atoms with E-state index in [2.05, 4.69) is 426 Å². The molecule has 0 fully saturated rings. The first-order valence-electron chi connectivity index (χ1n) is 44.7. The van der Waals surface area contributed by atoms with E-state index in [1.807, 2.05) is 30.9 Å². The van der Waals surface area contributed by atoms with E-state index in [-0.39, 0.29) is 0 Å². The highest BCUT2D eigenvalue weighted by Crippen LogP contribution is 2.48. The minimum atomic E-state index is 0.771.